The molecule has 0 aromatic heterocycles. The van der Waals surface area contributed by atoms with Crippen LogP contribution in [0.5, 0.6) is 0 Å². The Hall–Kier alpha value is -1.24. The molecule has 2 bridgehead atoms. The Kier molecular flexibility index (Phi) is 5.64. The molecule has 5 nitrogen and oxygen atoms in total. The molecule has 156 valence electrons. The van der Waals surface area contributed by atoms with Crippen LogP contribution in [0.3, 0.4) is 0 Å². The third-order valence-electron chi connectivity index (χ3n) is 7.87. The van der Waals surface area contributed by atoms with Crippen LogP contribution >= 0.6 is 0 Å². The molecule has 3 heterocycles. The van der Waals surface area contributed by atoms with E-state index in [-0.39, 0.29) is 0 Å². The summed E-state index contributed by atoms with van der Waals surface area (Å²) in [6.07, 6.45) is 7.65. The van der Waals surface area contributed by atoms with E-state index in [0.29, 0.717) is 24.1 Å². The normalized spacial score (nSPS) is 39.0. The van der Waals surface area contributed by atoms with E-state index in [4.69, 9.17) is 5.21 Å². The molecule has 1 aliphatic carbocycles. The van der Waals surface area contributed by atoms with Gasteiger partial charge in [0.25, 0.3) is 5.91 Å². The molecule has 6 heteroatoms. The van der Waals surface area contributed by atoms with Crippen LogP contribution in [-0.2, 0) is 4.79 Å². The number of nitrogens with one attached hydrogen (secondary N) is 1. The van der Waals surface area contributed by atoms with Crippen LogP contribution in [0.4, 0.5) is 4.39 Å². The van der Waals surface area contributed by atoms with Crippen molar-refractivity contribution in [1.82, 2.24) is 15.3 Å². The molecular weight excluding hydrogens is 357 g/mol. The molecule has 4 aliphatic rings. The lowest BCUT2D eigenvalue weighted by Crippen LogP contribution is -2.48. The van der Waals surface area contributed by atoms with Gasteiger partial charge in [-0.25, -0.2) is 9.87 Å². The zero-order chi connectivity index (χ0) is 20.0. The van der Waals surface area contributed by atoms with Crippen molar-refractivity contribution in [2.24, 2.45) is 11.8 Å². The largest absolute Gasteiger partial charge is 0.300 e. The van der Waals surface area contributed by atoms with Gasteiger partial charge in [0.1, 0.15) is 6.17 Å². The van der Waals surface area contributed by atoms with Crippen LogP contribution in [0, 0.1) is 11.8 Å². The molecule has 0 radical (unpaired) electrons. The number of carbonyl (C=O) groups excluding carboxylic acids is 1. The highest BCUT2D eigenvalue weighted by atomic mass is 19.1. The maximum Gasteiger partial charge on any atom is 0.270 e. The Labute approximate surface area is 167 Å². The summed E-state index contributed by atoms with van der Waals surface area (Å²) < 4.78 is 15.1. The van der Waals surface area contributed by atoms with E-state index in [1.807, 2.05) is 6.08 Å². The minimum Gasteiger partial charge on any atom is -0.300 e. The second kappa shape index (κ2) is 7.88. The van der Waals surface area contributed by atoms with E-state index >= 15 is 4.39 Å². The lowest BCUT2D eigenvalue weighted by Gasteiger charge is -2.44. The second-order valence-electron chi connectivity index (χ2n) is 9.37. The minimum atomic E-state index is -1.14. The first kappa shape index (κ1) is 20.0. The standard InChI is InChI=1S/C22H34FN3O2/c1-4-16-10-20-15(9-19(22(27)24-28)13(2)21(20)23)12-26(16)11-14-7-17-5-6-18(8-14)25(17)3/h9,13-14,16-18,21,28H,4-8,10-12H2,1-3H3,(H,24,27)/t13?,14?,16-,17-,18+,21?/m0/s1. The first-order valence-corrected chi connectivity index (χ1v) is 10.9. The van der Waals surface area contributed by atoms with Crippen molar-refractivity contribution in [1.29, 1.82) is 0 Å². The number of nitrogens with zero attached hydrogens (tertiary/aromatic N) is 2. The van der Waals surface area contributed by atoms with E-state index in [1.165, 1.54) is 25.7 Å². The van der Waals surface area contributed by atoms with E-state index in [9.17, 15) is 4.79 Å². The van der Waals surface area contributed by atoms with Crippen molar-refractivity contribution in [3.63, 3.8) is 0 Å². The first-order chi connectivity index (χ1) is 13.4. The van der Waals surface area contributed by atoms with Crippen LogP contribution in [0.2, 0.25) is 0 Å². The van der Waals surface area contributed by atoms with Crippen LogP contribution < -0.4 is 5.48 Å². The number of halogens is 1. The predicted molar refractivity (Wildman–Crippen MR) is 107 cm³/mol. The van der Waals surface area contributed by atoms with Gasteiger partial charge in [-0.3, -0.25) is 14.9 Å². The van der Waals surface area contributed by atoms with Gasteiger partial charge in [-0.1, -0.05) is 13.8 Å². The third kappa shape index (κ3) is 3.44. The van der Waals surface area contributed by atoms with Crippen molar-refractivity contribution in [3.05, 3.63) is 22.8 Å². The summed E-state index contributed by atoms with van der Waals surface area (Å²) in [5.41, 5.74) is 3.85. The quantitative estimate of drug-likeness (QED) is 0.571. The van der Waals surface area contributed by atoms with Gasteiger partial charge in [-0.15, -0.1) is 0 Å². The Morgan fingerprint density at radius 3 is 2.61 bits per heavy atom. The maximum absolute atomic E-state index is 15.1. The predicted octanol–water partition coefficient (Wildman–Crippen LogP) is 3.06. The second-order valence-corrected chi connectivity index (χ2v) is 9.37. The number of fused-ring (bicyclic) bond motifs is 2. The van der Waals surface area contributed by atoms with Gasteiger partial charge in [0, 0.05) is 42.7 Å². The Morgan fingerprint density at radius 1 is 1.32 bits per heavy atom. The fraction of sp³-hybridized carbons (Fsp3) is 0.773. The fourth-order valence-electron chi connectivity index (χ4n) is 6.13. The zero-order valence-corrected chi connectivity index (χ0v) is 17.3. The van der Waals surface area contributed by atoms with Crippen LogP contribution in [0.15, 0.2) is 22.8 Å². The van der Waals surface area contributed by atoms with E-state index in [2.05, 4.69) is 23.8 Å². The number of rotatable bonds is 4. The van der Waals surface area contributed by atoms with Gasteiger partial charge in [-0.05, 0) is 68.7 Å². The molecule has 3 unspecified atom stereocenters. The molecule has 3 aliphatic heterocycles. The number of amides is 1. The Balaban J connectivity index is 1.52. The van der Waals surface area contributed by atoms with E-state index in [1.54, 1.807) is 12.4 Å². The van der Waals surface area contributed by atoms with E-state index in [0.717, 1.165) is 42.6 Å². The number of hydroxylamine groups is 1. The third-order valence-corrected chi connectivity index (χ3v) is 7.87. The maximum atomic E-state index is 15.1. The molecule has 2 N–H and O–H groups in total. The molecule has 1 amide bonds. The molecule has 4 rings (SSSR count). The molecule has 0 saturated carbocycles. The van der Waals surface area contributed by atoms with Crippen molar-refractivity contribution >= 4 is 5.91 Å². The number of alkyl halides is 1. The summed E-state index contributed by atoms with van der Waals surface area (Å²) in [5, 5.41) is 9.02. The SMILES string of the molecule is CC[C@H]1CC2=C(C=C(C(=O)NO)C(C)C2F)CN1CC1C[C@H]2CC[C@@H](C1)N2C. The average Bonchev–Trinajstić information content (AvgIpc) is 2.90. The van der Waals surface area contributed by atoms with Crippen LogP contribution in [-0.4, -0.2) is 65.3 Å². The number of carbonyl (C=O) groups is 1. The van der Waals surface area contributed by atoms with Crippen molar-refractivity contribution in [2.45, 2.75) is 76.7 Å². The van der Waals surface area contributed by atoms with Crippen molar-refractivity contribution in [3.8, 4) is 0 Å². The molecular formula is C22H34FN3O2. The molecule has 28 heavy (non-hydrogen) atoms. The van der Waals surface area contributed by atoms with Gasteiger partial charge in [0.2, 0.25) is 0 Å². The lowest BCUT2D eigenvalue weighted by atomic mass is 9.77. The summed E-state index contributed by atoms with van der Waals surface area (Å²) in [4.78, 5) is 17.1. The first-order valence-electron chi connectivity index (χ1n) is 10.9. The molecule has 2 fully saturated rings. The lowest BCUT2D eigenvalue weighted by molar-refractivity contribution is -0.126. The van der Waals surface area contributed by atoms with Crippen LogP contribution in [0.1, 0.15) is 52.4 Å². The summed E-state index contributed by atoms with van der Waals surface area (Å²) in [6.45, 7) is 5.71. The van der Waals surface area contributed by atoms with Gasteiger partial charge >= 0.3 is 0 Å². The minimum absolute atomic E-state index is 0.348. The molecule has 2 saturated heterocycles. The zero-order valence-electron chi connectivity index (χ0n) is 17.3. The fourth-order valence-corrected chi connectivity index (χ4v) is 6.13. The van der Waals surface area contributed by atoms with Gasteiger partial charge < -0.3 is 4.90 Å². The number of hydrogen-bond acceptors (Lipinski definition) is 4. The number of piperidine rings is 1. The van der Waals surface area contributed by atoms with Gasteiger partial charge in [-0.2, -0.15) is 0 Å². The Bertz CT molecular complexity index is 677. The highest BCUT2D eigenvalue weighted by molar-refractivity contribution is 5.94. The topological polar surface area (TPSA) is 55.8 Å². The number of hydrogen-bond donors (Lipinski definition) is 2. The molecule has 6 atom stereocenters. The summed E-state index contributed by atoms with van der Waals surface area (Å²) in [7, 11) is 2.27. The molecule has 0 aromatic carbocycles. The van der Waals surface area contributed by atoms with Crippen LogP contribution in [0.25, 0.3) is 0 Å². The summed E-state index contributed by atoms with van der Waals surface area (Å²) in [6, 6.07) is 1.84. The Morgan fingerprint density at radius 2 is 2.00 bits per heavy atom. The van der Waals surface area contributed by atoms with Crippen molar-refractivity contribution in [2.75, 3.05) is 20.1 Å². The highest BCUT2D eigenvalue weighted by Crippen LogP contribution is 2.41. The summed E-state index contributed by atoms with van der Waals surface area (Å²) in [5.74, 6) is -0.394. The summed E-state index contributed by atoms with van der Waals surface area (Å²) >= 11 is 0. The molecule has 0 aromatic rings. The monoisotopic (exact) mass is 391 g/mol. The highest BCUT2D eigenvalue weighted by Gasteiger charge is 2.41. The smallest absolute Gasteiger partial charge is 0.270 e. The van der Waals surface area contributed by atoms with Gasteiger partial charge in [0.05, 0.1) is 0 Å². The van der Waals surface area contributed by atoms with Gasteiger partial charge in [0.15, 0.2) is 0 Å². The van der Waals surface area contributed by atoms with Crippen molar-refractivity contribution < 1.29 is 14.4 Å². The average molecular weight is 392 g/mol. The van der Waals surface area contributed by atoms with E-state index < -0.39 is 18.0 Å². The molecule has 0 spiro atoms.